The Morgan fingerprint density at radius 3 is 2.72 bits per heavy atom. The zero-order chi connectivity index (χ0) is 13.6. The van der Waals surface area contributed by atoms with Crippen molar-refractivity contribution in [2.24, 2.45) is 5.41 Å². The molecule has 0 radical (unpaired) electrons. The molecule has 0 spiro atoms. The van der Waals surface area contributed by atoms with Crippen LogP contribution in [0.3, 0.4) is 0 Å². The van der Waals surface area contributed by atoms with Crippen molar-refractivity contribution in [2.45, 2.75) is 51.3 Å². The number of urea groups is 1. The van der Waals surface area contributed by atoms with Crippen LogP contribution in [0, 0.1) is 5.41 Å². The van der Waals surface area contributed by atoms with Crippen LogP contribution >= 0.6 is 11.8 Å². The van der Waals surface area contributed by atoms with E-state index in [2.05, 4.69) is 31.4 Å². The molecule has 0 bridgehead atoms. The van der Waals surface area contributed by atoms with Gasteiger partial charge in [0.05, 0.1) is 0 Å². The lowest BCUT2D eigenvalue weighted by molar-refractivity contribution is 0.189. The van der Waals surface area contributed by atoms with Crippen molar-refractivity contribution in [1.29, 1.82) is 0 Å². The molecule has 1 aliphatic heterocycles. The van der Waals surface area contributed by atoms with Crippen molar-refractivity contribution in [1.82, 2.24) is 10.6 Å². The molecule has 5 heteroatoms. The maximum Gasteiger partial charge on any atom is 0.315 e. The summed E-state index contributed by atoms with van der Waals surface area (Å²) >= 11 is 1.94. The van der Waals surface area contributed by atoms with Crippen LogP contribution in [0.5, 0.6) is 0 Å². The summed E-state index contributed by atoms with van der Waals surface area (Å²) in [6.07, 6.45) is 3.05. The van der Waals surface area contributed by atoms with Crippen LogP contribution in [0.1, 0.15) is 40.0 Å². The molecule has 0 aliphatic carbocycles. The molecule has 0 aromatic heterocycles. The molecule has 1 aliphatic rings. The first-order valence-corrected chi connectivity index (χ1v) is 7.75. The standard InChI is InChI=1S/C13H26N2O2S/c1-13(2,3)11(6-7-16)15-12(17)14-9-10-5-4-8-18-10/h10-11,16H,4-9H2,1-3H3,(H2,14,15,17)/t10-,11+/m1/s1. The van der Waals surface area contributed by atoms with Crippen LogP contribution in [0.2, 0.25) is 0 Å². The van der Waals surface area contributed by atoms with Crippen LogP contribution in [0.4, 0.5) is 4.79 Å². The topological polar surface area (TPSA) is 61.4 Å². The van der Waals surface area contributed by atoms with Crippen molar-refractivity contribution in [3.63, 3.8) is 0 Å². The van der Waals surface area contributed by atoms with Crippen LogP contribution in [0.25, 0.3) is 0 Å². The Hall–Kier alpha value is -0.420. The molecule has 1 fully saturated rings. The Balaban J connectivity index is 2.31. The molecule has 1 rings (SSSR count). The Morgan fingerprint density at radius 1 is 1.50 bits per heavy atom. The lowest BCUT2D eigenvalue weighted by Gasteiger charge is -2.31. The average Bonchev–Trinajstić information content (AvgIpc) is 2.77. The van der Waals surface area contributed by atoms with Crippen LogP contribution in [-0.4, -0.2) is 41.3 Å². The van der Waals surface area contributed by atoms with E-state index in [9.17, 15) is 4.79 Å². The summed E-state index contributed by atoms with van der Waals surface area (Å²) in [6.45, 7) is 7.05. The summed E-state index contributed by atoms with van der Waals surface area (Å²) < 4.78 is 0. The van der Waals surface area contributed by atoms with Crippen LogP contribution < -0.4 is 10.6 Å². The molecule has 1 heterocycles. The van der Waals surface area contributed by atoms with Gasteiger partial charge in [0.15, 0.2) is 0 Å². The van der Waals surface area contributed by atoms with E-state index < -0.39 is 0 Å². The van der Waals surface area contributed by atoms with Crippen LogP contribution in [0.15, 0.2) is 0 Å². The number of nitrogens with one attached hydrogen (secondary N) is 2. The van der Waals surface area contributed by atoms with E-state index in [-0.39, 0.29) is 24.1 Å². The fourth-order valence-electron chi connectivity index (χ4n) is 2.07. The van der Waals surface area contributed by atoms with E-state index in [1.54, 1.807) is 0 Å². The summed E-state index contributed by atoms with van der Waals surface area (Å²) in [4.78, 5) is 11.8. The lowest BCUT2D eigenvalue weighted by Crippen LogP contribution is -2.49. The van der Waals surface area contributed by atoms with E-state index in [4.69, 9.17) is 5.11 Å². The van der Waals surface area contributed by atoms with Gasteiger partial charge in [-0.3, -0.25) is 0 Å². The highest BCUT2D eigenvalue weighted by Gasteiger charge is 2.26. The highest BCUT2D eigenvalue weighted by molar-refractivity contribution is 8.00. The first kappa shape index (κ1) is 15.6. The van der Waals surface area contributed by atoms with E-state index in [0.717, 1.165) is 6.54 Å². The molecule has 0 aromatic carbocycles. The third-order valence-corrected chi connectivity index (χ3v) is 4.68. The first-order valence-electron chi connectivity index (χ1n) is 6.70. The highest BCUT2D eigenvalue weighted by atomic mass is 32.2. The molecule has 0 aromatic rings. The van der Waals surface area contributed by atoms with Gasteiger partial charge in [-0.1, -0.05) is 20.8 Å². The summed E-state index contributed by atoms with van der Waals surface area (Å²) in [5, 5.41) is 15.5. The molecule has 2 atom stereocenters. The molecule has 3 N–H and O–H groups in total. The Morgan fingerprint density at radius 2 is 2.22 bits per heavy atom. The van der Waals surface area contributed by atoms with Gasteiger partial charge in [-0.05, 0) is 30.4 Å². The fraction of sp³-hybridized carbons (Fsp3) is 0.923. The summed E-state index contributed by atoms with van der Waals surface area (Å²) in [6, 6.07) is -0.116. The largest absolute Gasteiger partial charge is 0.396 e. The zero-order valence-electron chi connectivity index (χ0n) is 11.7. The van der Waals surface area contributed by atoms with Crippen molar-refractivity contribution in [3.8, 4) is 0 Å². The van der Waals surface area contributed by atoms with Crippen molar-refractivity contribution in [3.05, 3.63) is 0 Å². The second-order valence-corrected chi connectivity index (χ2v) is 7.33. The fourth-order valence-corrected chi connectivity index (χ4v) is 3.27. The van der Waals surface area contributed by atoms with Gasteiger partial charge in [-0.2, -0.15) is 11.8 Å². The highest BCUT2D eigenvalue weighted by Crippen LogP contribution is 2.25. The minimum absolute atomic E-state index is 0.00117. The number of carbonyl (C=O) groups excluding carboxylic acids is 1. The minimum Gasteiger partial charge on any atom is -0.396 e. The van der Waals surface area contributed by atoms with Gasteiger partial charge in [-0.15, -0.1) is 0 Å². The molecular formula is C13H26N2O2S. The Kier molecular flexibility index (Phi) is 6.29. The monoisotopic (exact) mass is 274 g/mol. The van der Waals surface area contributed by atoms with E-state index in [1.807, 2.05) is 11.8 Å². The van der Waals surface area contributed by atoms with Crippen molar-refractivity contribution < 1.29 is 9.90 Å². The number of aliphatic hydroxyl groups is 1. The maximum atomic E-state index is 11.8. The van der Waals surface area contributed by atoms with Crippen molar-refractivity contribution >= 4 is 17.8 Å². The van der Waals surface area contributed by atoms with E-state index in [0.29, 0.717) is 11.7 Å². The molecule has 0 saturated carbocycles. The second kappa shape index (κ2) is 7.24. The third-order valence-electron chi connectivity index (χ3n) is 3.28. The molecule has 0 unspecified atom stereocenters. The zero-order valence-corrected chi connectivity index (χ0v) is 12.5. The van der Waals surface area contributed by atoms with Gasteiger partial charge in [0, 0.05) is 24.4 Å². The molecular weight excluding hydrogens is 248 g/mol. The first-order chi connectivity index (χ1) is 8.43. The number of carbonyl (C=O) groups is 1. The minimum atomic E-state index is -0.115. The number of hydrogen-bond donors (Lipinski definition) is 3. The van der Waals surface area contributed by atoms with E-state index >= 15 is 0 Å². The summed E-state index contributed by atoms with van der Waals surface area (Å²) in [7, 11) is 0. The predicted octanol–water partition coefficient (Wildman–Crippen LogP) is 1.98. The van der Waals surface area contributed by atoms with E-state index in [1.165, 1.54) is 18.6 Å². The maximum absolute atomic E-state index is 11.8. The molecule has 18 heavy (non-hydrogen) atoms. The molecule has 106 valence electrons. The lowest BCUT2D eigenvalue weighted by atomic mass is 9.85. The Labute approximate surface area is 114 Å². The number of hydrogen-bond acceptors (Lipinski definition) is 3. The van der Waals surface area contributed by atoms with Gasteiger partial charge in [0.2, 0.25) is 0 Å². The quantitative estimate of drug-likeness (QED) is 0.718. The average molecular weight is 274 g/mol. The van der Waals surface area contributed by atoms with Gasteiger partial charge in [0.25, 0.3) is 0 Å². The van der Waals surface area contributed by atoms with Crippen LogP contribution in [-0.2, 0) is 0 Å². The SMILES string of the molecule is CC(C)(C)[C@H](CCO)NC(=O)NC[C@H]1CCCS1. The second-order valence-electron chi connectivity index (χ2n) is 5.92. The normalized spacial score (nSPS) is 21.7. The number of aliphatic hydroxyl groups excluding tert-OH is 1. The molecule has 1 saturated heterocycles. The summed E-state index contributed by atoms with van der Waals surface area (Å²) in [5.41, 5.74) is -0.0395. The number of amides is 2. The summed E-state index contributed by atoms with van der Waals surface area (Å²) in [5.74, 6) is 1.21. The van der Waals surface area contributed by atoms with Gasteiger partial charge in [-0.25, -0.2) is 4.79 Å². The Bertz CT molecular complexity index is 260. The smallest absolute Gasteiger partial charge is 0.315 e. The molecule has 4 nitrogen and oxygen atoms in total. The van der Waals surface area contributed by atoms with Gasteiger partial charge in [0.1, 0.15) is 0 Å². The third kappa shape index (κ3) is 5.48. The van der Waals surface area contributed by atoms with Gasteiger partial charge >= 0.3 is 6.03 Å². The predicted molar refractivity (Wildman–Crippen MR) is 77.0 cm³/mol. The number of thioether (sulfide) groups is 1. The van der Waals surface area contributed by atoms with Gasteiger partial charge < -0.3 is 15.7 Å². The number of rotatable bonds is 5. The molecule has 2 amide bonds. The van der Waals surface area contributed by atoms with Crippen molar-refractivity contribution in [2.75, 3.05) is 18.9 Å².